The van der Waals surface area contributed by atoms with Gasteiger partial charge in [0.15, 0.2) is 0 Å². The minimum absolute atomic E-state index is 0.0492. The Bertz CT molecular complexity index is 783. The van der Waals surface area contributed by atoms with Crippen molar-refractivity contribution in [3.05, 3.63) is 29.8 Å². The van der Waals surface area contributed by atoms with Gasteiger partial charge in [-0.25, -0.2) is 14.2 Å². The zero-order valence-corrected chi connectivity index (χ0v) is 17.6. The number of nitrogens with one attached hydrogen (secondary N) is 1. The molecular formula is C18H25N2O8P. The molecule has 2 atom stereocenters. The number of ether oxygens (including phenoxy) is 2. The largest absolute Gasteiger partial charge is 0.527 e. The molecule has 0 aliphatic heterocycles. The SMILES string of the molecule is COC(=O)[C@H](Cc1ccc(OP(=O)(O)OCCC#N)cc1)NC(=O)OC(C)(C)C. The van der Waals surface area contributed by atoms with Gasteiger partial charge in [0.05, 0.1) is 26.2 Å². The summed E-state index contributed by atoms with van der Waals surface area (Å²) in [6.45, 7) is 4.85. The Morgan fingerprint density at radius 3 is 2.41 bits per heavy atom. The molecule has 29 heavy (non-hydrogen) atoms. The van der Waals surface area contributed by atoms with E-state index in [2.05, 4.69) is 9.84 Å². The third-order valence-corrected chi connectivity index (χ3v) is 4.18. The maximum Gasteiger partial charge on any atom is 0.527 e. The summed E-state index contributed by atoms with van der Waals surface area (Å²) >= 11 is 0. The van der Waals surface area contributed by atoms with Gasteiger partial charge in [0.2, 0.25) is 0 Å². The van der Waals surface area contributed by atoms with Crippen LogP contribution in [-0.4, -0.2) is 42.3 Å². The third-order valence-electron chi connectivity index (χ3n) is 3.23. The number of amides is 1. The van der Waals surface area contributed by atoms with Crippen molar-refractivity contribution in [3.8, 4) is 11.8 Å². The number of esters is 1. The minimum Gasteiger partial charge on any atom is -0.467 e. The number of alkyl carbamates (subject to hydrolysis) is 1. The van der Waals surface area contributed by atoms with E-state index in [1.54, 1.807) is 39.0 Å². The molecule has 0 spiro atoms. The molecule has 0 aliphatic carbocycles. The van der Waals surface area contributed by atoms with Crippen LogP contribution in [0.1, 0.15) is 32.8 Å². The standard InChI is InChI=1S/C18H25N2O8P/c1-18(2,3)27-17(22)20-15(16(21)25-4)12-13-6-8-14(9-7-13)28-29(23,24)26-11-5-10-19/h6-9,15H,5,11-12H2,1-4H3,(H,20,22)(H,23,24)/t15-/m0/s1. The Labute approximate surface area is 169 Å². The van der Waals surface area contributed by atoms with Crippen molar-refractivity contribution in [1.29, 1.82) is 5.26 Å². The maximum atomic E-state index is 12.0. The zero-order chi connectivity index (χ0) is 22.1. The lowest BCUT2D eigenvalue weighted by atomic mass is 10.1. The van der Waals surface area contributed by atoms with Crippen LogP contribution >= 0.6 is 7.82 Å². The first-order valence-corrected chi connectivity index (χ1v) is 10.2. The molecule has 0 aromatic heterocycles. The molecule has 160 valence electrons. The highest BCUT2D eigenvalue weighted by atomic mass is 31.2. The molecule has 1 aromatic rings. The topological polar surface area (TPSA) is 144 Å². The highest BCUT2D eigenvalue weighted by Crippen LogP contribution is 2.43. The normalized spacial score (nSPS) is 14.1. The molecule has 0 heterocycles. The van der Waals surface area contributed by atoms with Gasteiger partial charge in [-0.3, -0.25) is 9.42 Å². The number of phosphoric acid groups is 1. The molecule has 2 N–H and O–H groups in total. The number of nitrogens with zero attached hydrogens (tertiary/aromatic N) is 1. The number of hydrogen-bond donors (Lipinski definition) is 2. The fourth-order valence-corrected chi connectivity index (χ4v) is 2.84. The summed E-state index contributed by atoms with van der Waals surface area (Å²) in [5.41, 5.74) is -0.0981. The first-order valence-electron chi connectivity index (χ1n) is 8.66. The van der Waals surface area contributed by atoms with Gasteiger partial charge in [0.1, 0.15) is 17.4 Å². The number of phosphoric ester groups is 1. The summed E-state index contributed by atoms with van der Waals surface area (Å²) in [7, 11) is -3.14. The van der Waals surface area contributed by atoms with Gasteiger partial charge in [0.25, 0.3) is 0 Å². The van der Waals surface area contributed by atoms with Crippen molar-refractivity contribution < 1.29 is 37.6 Å². The fraction of sp³-hybridized carbons (Fsp3) is 0.500. The van der Waals surface area contributed by atoms with E-state index in [0.29, 0.717) is 5.56 Å². The van der Waals surface area contributed by atoms with Crippen molar-refractivity contribution in [2.45, 2.75) is 45.3 Å². The van der Waals surface area contributed by atoms with Gasteiger partial charge in [-0.1, -0.05) is 12.1 Å². The van der Waals surface area contributed by atoms with Crippen LogP contribution in [0.15, 0.2) is 24.3 Å². The number of hydrogen-bond acceptors (Lipinski definition) is 8. The van der Waals surface area contributed by atoms with E-state index in [0.717, 1.165) is 0 Å². The minimum atomic E-state index is -4.35. The Hall–Kier alpha value is -2.60. The Morgan fingerprint density at radius 2 is 1.90 bits per heavy atom. The van der Waals surface area contributed by atoms with Crippen LogP contribution in [0.5, 0.6) is 5.75 Å². The number of methoxy groups -OCH3 is 1. The van der Waals surface area contributed by atoms with Crippen LogP contribution in [0.25, 0.3) is 0 Å². The molecule has 0 radical (unpaired) electrons. The second-order valence-corrected chi connectivity index (χ2v) is 8.25. The molecule has 10 nitrogen and oxygen atoms in total. The summed E-state index contributed by atoms with van der Waals surface area (Å²) in [5.74, 6) is -0.590. The molecule has 0 saturated carbocycles. The van der Waals surface area contributed by atoms with Crippen molar-refractivity contribution in [1.82, 2.24) is 5.32 Å². The Morgan fingerprint density at radius 1 is 1.28 bits per heavy atom. The fourth-order valence-electron chi connectivity index (χ4n) is 2.07. The van der Waals surface area contributed by atoms with E-state index >= 15 is 0 Å². The summed E-state index contributed by atoms with van der Waals surface area (Å²) in [6.07, 6.45) is -0.711. The predicted molar refractivity (Wildman–Crippen MR) is 102 cm³/mol. The number of nitriles is 1. The van der Waals surface area contributed by atoms with Crippen LogP contribution < -0.4 is 9.84 Å². The van der Waals surface area contributed by atoms with Gasteiger partial charge in [0, 0.05) is 6.42 Å². The van der Waals surface area contributed by atoms with E-state index in [-0.39, 0.29) is 25.2 Å². The molecular weight excluding hydrogens is 403 g/mol. The Balaban J connectivity index is 2.76. The van der Waals surface area contributed by atoms with E-state index in [9.17, 15) is 19.0 Å². The molecule has 1 amide bonds. The monoisotopic (exact) mass is 428 g/mol. The smallest absolute Gasteiger partial charge is 0.467 e. The molecule has 0 saturated heterocycles. The summed E-state index contributed by atoms with van der Waals surface area (Å²) in [5, 5.41) is 10.9. The summed E-state index contributed by atoms with van der Waals surface area (Å²) in [4.78, 5) is 33.5. The first kappa shape index (κ1) is 24.4. The maximum absolute atomic E-state index is 12.0. The van der Waals surface area contributed by atoms with Crippen LogP contribution in [-0.2, 0) is 29.8 Å². The molecule has 1 aromatic carbocycles. The van der Waals surface area contributed by atoms with Gasteiger partial charge in [-0.15, -0.1) is 0 Å². The lowest BCUT2D eigenvalue weighted by Crippen LogP contribution is -2.45. The Kier molecular flexibility index (Phi) is 9.11. The van der Waals surface area contributed by atoms with Crippen molar-refractivity contribution in [3.63, 3.8) is 0 Å². The van der Waals surface area contributed by atoms with Crippen LogP contribution in [0.4, 0.5) is 4.79 Å². The van der Waals surface area contributed by atoms with Gasteiger partial charge in [-0.2, -0.15) is 5.26 Å². The van der Waals surface area contributed by atoms with Crippen LogP contribution in [0.2, 0.25) is 0 Å². The lowest BCUT2D eigenvalue weighted by molar-refractivity contribution is -0.143. The van der Waals surface area contributed by atoms with E-state index in [1.807, 2.05) is 0 Å². The number of rotatable bonds is 9. The third kappa shape index (κ3) is 9.94. The van der Waals surface area contributed by atoms with Crippen LogP contribution in [0, 0.1) is 11.3 Å². The summed E-state index contributed by atoms with van der Waals surface area (Å²) < 4.78 is 31.2. The highest BCUT2D eigenvalue weighted by molar-refractivity contribution is 7.47. The van der Waals surface area contributed by atoms with Gasteiger partial charge < -0.3 is 19.3 Å². The predicted octanol–water partition coefficient (Wildman–Crippen LogP) is 2.70. The highest BCUT2D eigenvalue weighted by Gasteiger charge is 2.26. The quantitative estimate of drug-likeness (QED) is 0.344. The molecule has 1 rings (SSSR count). The second kappa shape index (κ2) is 10.8. The van der Waals surface area contributed by atoms with Gasteiger partial charge in [-0.05, 0) is 38.5 Å². The molecule has 11 heteroatoms. The average molecular weight is 428 g/mol. The van der Waals surface area contributed by atoms with E-state index in [1.165, 1.54) is 19.2 Å². The molecule has 1 unspecified atom stereocenters. The first-order chi connectivity index (χ1) is 13.5. The summed E-state index contributed by atoms with van der Waals surface area (Å²) in [6, 6.07) is 6.72. The average Bonchev–Trinajstić information content (AvgIpc) is 2.60. The number of benzene rings is 1. The van der Waals surface area contributed by atoms with Crippen molar-refractivity contribution in [2.75, 3.05) is 13.7 Å². The van der Waals surface area contributed by atoms with E-state index < -0.39 is 31.5 Å². The molecule has 0 fully saturated rings. The lowest BCUT2D eigenvalue weighted by Gasteiger charge is -2.22. The number of carbonyl (C=O) groups excluding carboxylic acids is 2. The molecule has 0 bridgehead atoms. The zero-order valence-electron chi connectivity index (χ0n) is 16.7. The second-order valence-electron chi connectivity index (χ2n) is 6.87. The van der Waals surface area contributed by atoms with Crippen molar-refractivity contribution >= 4 is 19.9 Å². The molecule has 0 aliphatic rings. The van der Waals surface area contributed by atoms with Crippen molar-refractivity contribution in [2.24, 2.45) is 0 Å². The van der Waals surface area contributed by atoms with Crippen LogP contribution in [0.3, 0.4) is 0 Å². The van der Waals surface area contributed by atoms with Gasteiger partial charge >= 0.3 is 19.9 Å². The van der Waals surface area contributed by atoms with E-state index in [4.69, 9.17) is 19.3 Å². The number of carbonyl (C=O) groups is 2.